The van der Waals surface area contributed by atoms with Gasteiger partial charge in [-0.1, -0.05) is 52.7 Å². The summed E-state index contributed by atoms with van der Waals surface area (Å²) in [5.74, 6) is -0.210. The molecule has 2 aliphatic rings. The number of amides is 3. The Bertz CT molecular complexity index is 556. The highest BCUT2D eigenvalue weighted by Gasteiger charge is 2.51. The lowest BCUT2D eigenvalue weighted by molar-refractivity contribution is -0.148. The number of nitrogens with zero attached hydrogens (tertiary/aromatic N) is 1. The summed E-state index contributed by atoms with van der Waals surface area (Å²) in [6.45, 7) is 10.4. The Hall–Kier alpha value is -1.65. The van der Waals surface area contributed by atoms with Crippen LogP contribution in [0.2, 0.25) is 0 Å². The van der Waals surface area contributed by atoms with Gasteiger partial charge in [-0.05, 0) is 44.4 Å². The number of hydrogen-bond acceptors (Lipinski definition) is 3. The van der Waals surface area contributed by atoms with E-state index in [-0.39, 0.29) is 41.5 Å². The molecule has 5 nitrogen and oxygen atoms in total. The van der Waals surface area contributed by atoms with Crippen molar-refractivity contribution in [2.75, 3.05) is 0 Å². The zero-order valence-corrected chi connectivity index (χ0v) is 17.5. The van der Waals surface area contributed by atoms with Crippen molar-refractivity contribution in [1.29, 1.82) is 0 Å². The predicted octanol–water partition coefficient (Wildman–Crippen LogP) is 3.68. The fraction of sp³-hybridized carbons (Fsp3) is 0.773. The summed E-state index contributed by atoms with van der Waals surface area (Å²) in [6.07, 6.45) is 8.78. The molecule has 1 fully saturated rings. The van der Waals surface area contributed by atoms with E-state index in [4.69, 9.17) is 0 Å². The Morgan fingerprint density at radius 2 is 1.56 bits per heavy atom. The number of carbonyl (C=O) groups excluding carboxylic acids is 3. The highest BCUT2D eigenvalue weighted by atomic mass is 16.2. The monoisotopic (exact) mass is 376 g/mol. The van der Waals surface area contributed by atoms with Crippen LogP contribution in [0.3, 0.4) is 0 Å². The summed E-state index contributed by atoms with van der Waals surface area (Å²) in [6, 6.07) is -0.647. The van der Waals surface area contributed by atoms with Crippen LogP contribution in [0.1, 0.15) is 73.1 Å². The van der Waals surface area contributed by atoms with Crippen molar-refractivity contribution >= 4 is 17.7 Å². The third-order valence-corrected chi connectivity index (χ3v) is 5.66. The van der Waals surface area contributed by atoms with Gasteiger partial charge in [-0.25, -0.2) is 0 Å². The molecule has 27 heavy (non-hydrogen) atoms. The number of likely N-dealkylation sites (tertiary alicyclic amines) is 1. The number of nitrogens with one attached hydrogen (secondary N) is 1. The predicted molar refractivity (Wildman–Crippen MR) is 107 cm³/mol. The molecule has 1 aliphatic heterocycles. The Morgan fingerprint density at radius 1 is 1.00 bits per heavy atom. The SMILES string of the molecule is CC(C)CCCC(C)NC(=O)C(CC(C)C)N1C(=O)C2CC=CCC2C1=O. The molecule has 0 radical (unpaired) electrons. The summed E-state index contributed by atoms with van der Waals surface area (Å²) >= 11 is 0. The molecule has 0 saturated carbocycles. The molecule has 0 spiro atoms. The smallest absolute Gasteiger partial charge is 0.243 e. The number of rotatable bonds is 9. The minimum Gasteiger partial charge on any atom is -0.352 e. The van der Waals surface area contributed by atoms with E-state index < -0.39 is 6.04 Å². The van der Waals surface area contributed by atoms with Gasteiger partial charge >= 0.3 is 0 Å². The Balaban J connectivity index is 2.07. The lowest BCUT2D eigenvalue weighted by Crippen LogP contribution is -2.52. The second-order valence-corrected chi connectivity index (χ2v) is 9.08. The first-order chi connectivity index (χ1) is 12.7. The van der Waals surface area contributed by atoms with Crippen molar-refractivity contribution in [3.8, 4) is 0 Å². The molecule has 1 heterocycles. The van der Waals surface area contributed by atoms with Crippen molar-refractivity contribution in [2.45, 2.75) is 85.2 Å². The molecule has 2 rings (SSSR count). The second kappa shape index (κ2) is 9.52. The average Bonchev–Trinajstić information content (AvgIpc) is 2.84. The fourth-order valence-corrected chi connectivity index (χ4v) is 4.15. The molecule has 0 aromatic heterocycles. The van der Waals surface area contributed by atoms with Crippen LogP contribution in [0.15, 0.2) is 12.2 Å². The van der Waals surface area contributed by atoms with Crippen LogP contribution in [-0.2, 0) is 14.4 Å². The number of carbonyl (C=O) groups is 3. The maximum absolute atomic E-state index is 13.0. The highest BCUT2D eigenvalue weighted by Crippen LogP contribution is 2.37. The van der Waals surface area contributed by atoms with Gasteiger partial charge in [0.05, 0.1) is 11.8 Å². The molecule has 1 N–H and O–H groups in total. The standard InChI is InChI=1S/C22H36N2O3/c1-14(2)9-8-10-16(5)23-20(25)19(13-15(3)4)24-21(26)17-11-6-7-12-18(17)22(24)27/h6-7,14-19H,8-13H2,1-5H3,(H,23,25). The summed E-state index contributed by atoms with van der Waals surface area (Å²) in [5.41, 5.74) is 0. The van der Waals surface area contributed by atoms with Crippen LogP contribution in [0.25, 0.3) is 0 Å². The molecule has 3 amide bonds. The summed E-state index contributed by atoms with van der Waals surface area (Å²) in [5, 5.41) is 3.06. The number of hydrogen-bond donors (Lipinski definition) is 1. The van der Waals surface area contributed by atoms with E-state index in [2.05, 4.69) is 19.2 Å². The third-order valence-electron chi connectivity index (χ3n) is 5.66. The van der Waals surface area contributed by atoms with E-state index in [1.165, 1.54) is 4.90 Å². The lowest BCUT2D eigenvalue weighted by Gasteiger charge is -2.28. The third kappa shape index (κ3) is 5.43. The van der Waals surface area contributed by atoms with Crippen LogP contribution in [0.5, 0.6) is 0 Å². The van der Waals surface area contributed by atoms with E-state index in [0.717, 1.165) is 19.3 Å². The molecule has 1 saturated heterocycles. The van der Waals surface area contributed by atoms with E-state index >= 15 is 0 Å². The summed E-state index contributed by atoms with van der Waals surface area (Å²) in [7, 11) is 0. The minimum atomic E-state index is -0.692. The molecule has 0 bridgehead atoms. The van der Waals surface area contributed by atoms with Crippen LogP contribution >= 0.6 is 0 Å². The number of fused-ring (bicyclic) bond motifs is 1. The van der Waals surface area contributed by atoms with Gasteiger partial charge in [0.1, 0.15) is 6.04 Å². The van der Waals surface area contributed by atoms with Crippen LogP contribution in [0, 0.1) is 23.7 Å². The molecule has 152 valence electrons. The number of imide groups is 1. The maximum Gasteiger partial charge on any atom is 0.243 e. The molecular formula is C22H36N2O3. The fourth-order valence-electron chi connectivity index (χ4n) is 4.15. The van der Waals surface area contributed by atoms with E-state index in [9.17, 15) is 14.4 Å². The van der Waals surface area contributed by atoms with Crippen LogP contribution < -0.4 is 5.32 Å². The van der Waals surface area contributed by atoms with Gasteiger partial charge in [0.2, 0.25) is 17.7 Å². The first-order valence-corrected chi connectivity index (χ1v) is 10.5. The minimum absolute atomic E-state index is 0.0441. The Morgan fingerprint density at radius 3 is 2.04 bits per heavy atom. The zero-order chi connectivity index (χ0) is 20.1. The molecular weight excluding hydrogens is 340 g/mol. The van der Waals surface area contributed by atoms with Crippen molar-refractivity contribution in [3.05, 3.63) is 12.2 Å². The lowest BCUT2D eigenvalue weighted by atomic mass is 9.85. The number of allylic oxidation sites excluding steroid dienone is 2. The molecule has 5 heteroatoms. The van der Waals surface area contributed by atoms with Gasteiger partial charge in [-0.15, -0.1) is 0 Å². The van der Waals surface area contributed by atoms with Crippen molar-refractivity contribution in [1.82, 2.24) is 10.2 Å². The van der Waals surface area contributed by atoms with Crippen LogP contribution in [-0.4, -0.2) is 34.7 Å². The Labute approximate surface area is 163 Å². The summed E-state index contributed by atoms with van der Waals surface area (Å²) in [4.78, 5) is 40.1. The quantitative estimate of drug-likeness (QED) is 0.493. The van der Waals surface area contributed by atoms with Crippen molar-refractivity contribution in [2.24, 2.45) is 23.7 Å². The van der Waals surface area contributed by atoms with E-state index in [1.54, 1.807) is 0 Å². The highest BCUT2D eigenvalue weighted by molar-refractivity contribution is 6.08. The van der Waals surface area contributed by atoms with Gasteiger partial charge in [0.15, 0.2) is 0 Å². The maximum atomic E-state index is 13.0. The molecule has 4 unspecified atom stereocenters. The van der Waals surface area contributed by atoms with Gasteiger partial charge in [-0.2, -0.15) is 0 Å². The van der Waals surface area contributed by atoms with Gasteiger partial charge in [-0.3, -0.25) is 19.3 Å². The molecule has 1 aliphatic carbocycles. The molecule has 4 atom stereocenters. The van der Waals surface area contributed by atoms with Gasteiger partial charge in [0.25, 0.3) is 0 Å². The topological polar surface area (TPSA) is 66.5 Å². The first kappa shape index (κ1) is 21.6. The normalized spacial score (nSPS) is 24.5. The molecule has 0 aromatic carbocycles. The van der Waals surface area contributed by atoms with Gasteiger partial charge < -0.3 is 5.32 Å². The first-order valence-electron chi connectivity index (χ1n) is 10.5. The van der Waals surface area contributed by atoms with Crippen molar-refractivity contribution < 1.29 is 14.4 Å². The van der Waals surface area contributed by atoms with Crippen LogP contribution in [0.4, 0.5) is 0 Å². The summed E-state index contributed by atoms with van der Waals surface area (Å²) < 4.78 is 0. The zero-order valence-electron chi connectivity index (χ0n) is 17.5. The Kier molecular flexibility index (Phi) is 7.63. The largest absolute Gasteiger partial charge is 0.352 e. The van der Waals surface area contributed by atoms with Crippen molar-refractivity contribution in [3.63, 3.8) is 0 Å². The second-order valence-electron chi connectivity index (χ2n) is 9.08. The molecule has 0 aromatic rings. The van der Waals surface area contributed by atoms with Gasteiger partial charge in [0, 0.05) is 6.04 Å². The van der Waals surface area contributed by atoms with E-state index in [0.29, 0.717) is 25.2 Å². The van der Waals surface area contributed by atoms with E-state index in [1.807, 2.05) is 32.9 Å². The average molecular weight is 377 g/mol.